The second kappa shape index (κ2) is 21.1. The Morgan fingerprint density at radius 3 is 2.11 bits per heavy atom. The minimum Gasteiger partial charge on any atom is -0.496 e. The van der Waals surface area contributed by atoms with Crippen molar-refractivity contribution in [3.63, 3.8) is 0 Å². The first kappa shape index (κ1) is 42.7. The van der Waals surface area contributed by atoms with E-state index in [0.717, 1.165) is 38.9 Å². The molecular formula is C38H51Cl2FN6O7. The SMILES string of the molecule is CNc1cc(OC)c(C(=O)NC2CCN(CCCOc3ccc(F)cc3)CC2OC)cc1Cl.COc1cc(N)c(Cl)cc1C(=O)NC1CCNCC1OC. The number of piperidine rings is 2. The second-order valence-corrected chi connectivity index (χ2v) is 13.6. The van der Waals surface area contributed by atoms with Crippen molar-refractivity contribution in [3.8, 4) is 17.2 Å². The minimum absolute atomic E-state index is 0.0511. The van der Waals surface area contributed by atoms with Gasteiger partial charge < -0.3 is 55.6 Å². The van der Waals surface area contributed by atoms with Gasteiger partial charge in [-0.15, -0.1) is 0 Å². The van der Waals surface area contributed by atoms with E-state index in [1.54, 1.807) is 51.6 Å². The number of nitrogen functional groups attached to an aromatic ring is 1. The van der Waals surface area contributed by atoms with E-state index in [1.165, 1.54) is 32.4 Å². The minimum atomic E-state index is -0.278. The lowest BCUT2D eigenvalue weighted by Crippen LogP contribution is -2.55. The van der Waals surface area contributed by atoms with Gasteiger partial charge in [0.05, 0.1) is 77.7 Å². The standard InChI is InChI=1S/C24H31ClFN3O4.C14H20ClN3O3/c1-27-21-14-22(31-2)18(13-19(21)25)24(30)28-20-9-11-29(15-23(20)32-3)10-4-12-33-17-7-5-16(26)6-8-17;1-20-12-6-10(16)9(15)5-8(12)14(19)18-11-3-4-17-7-13(11)21-2/h5-8,13-14,20,23,27H,4,9-12,15H2,1-3H3,(H,28,30);5-6,11,13,17H,3-4,7,16H2,1-2H3,(H,18,19). The normalized spacial score (nSPS) is 19.9. The number of halogens is 3. The highest BCUT2D eigenvalue weighted by atomic mass is 35.5. The third-order valence-electron chi connectivity index (χ3n) is 9.38. The van der Waals surface area contributed by atoms with Crippen molar-refractivity contribution in [2.75, 3.05) is 85.9 Å². The molecule has 3 aromatic rings. The molecule has 4 atom stereocenters. The van der Waals surface area contributed by atoms with Crippen molar-refractivity contribution in [1.82, 2.24) is 20.9 Å². The summed E-state index contributed by atoms with van der Waals surface area (Å²) in [5.41, 5.74) is 7.54. The smallest absolute Gasteiger partial charge is 0.255 e. The second-order valence-electron chi connectivity index (χ2n) is 12.8. The van der Waals surface area contributed by atoms with E-state index in [-0.39, 0.29) is 41.9 Å². The topological polar surface area (TPSA) is 158 Å². The number of nitrogens with zero attached hydrogens (tertiary/aromatic N) is 1. The predicted octanol–water partition coefficient (Wildman–Crippen LogP) is 4.86. The van der Waals surface area contributed by atoms with Gasteiger partial charge in [-0.05, 0) is 62.2 Å². The van der Waals surface area contributed by atoms with Gasteiger partial charge in [-0.2, -0.15) is 0 Å². The van der Waals surface area contributed by atoms with Crippen molar-refractivity contribution in [3.05, 3.63) is 75.5 Å². The van der Waals surface area contributed by atoms with Gasteiger partial charge in [-0.25, -0.2) is 4.39 Å². The highest BCUT2D eigenvalue weighted by Crippen LogP contribution is 2.31. The molecule has 0 radical (unpaired) electrons. The largest absolute Gasteiger partial charge is 0.496 e. The van der Waals surface area contributed by atoms with E-state index < -0.39 is 0 Å². The van der Waals surface area contributed by atoms with Gasteiger partial charge in [0.25, 0.3) is 11.8 Å². The average molecular weight is 794 g/mol. The van der Waals surface area contributed by atoms with Crippen LogP contribution < -0.4 is 41.2 Å². The molecule has 13 nitrogen and oxygen atoms in total. The Hall–Kier alpha value is -4.05. The molecule has 296 valence electrons. The summed E-state index contributed by atoms with van der Waals surface area (Å²) in [5, 5.41) is 13.0. The summed E-state index contributed by atoms with van der Waals surface area (Å²) in [6.07, 6.45) is 2.19. The van der Waals surface area contributed by atoms with Crippen molar-refractivity contribution in [1.29, 1.82) is 0 Å². The first-order chi connectivity index (χ1) is 26.0. The lowest BCUT2D eigenvalue weighted by Gasteiger charge is -2.38. The van der Waals surface area contributed by atoms with Crippen molar-refractivity contribution < 1.29 is 37.7 Å². The van der Waals surface area contributed by atoms with E-state index in [2.05, 4.69) is 26.2 Å². The summed E-state index contributed by atoms with van der Waals surface area (Å²) >= 11 is 12.3. The fourth-order valence-electron chi connectivity index (χ4n) is 6.34. The highest BCUT2D eigenvalue weighted by molar-refractivity contribution is 6.34. The zero-order chi connectivity index (χ0) is 39.2. The van der Waals surface area contributed by atoms with Crippen molar-refractivity contribution in [2.24, 2.45) is 0 Å². The van der Waals surface area contributed by atoms with E-state index in [0.29, 0.717) is 69.5 Å². The molecule has 54 heavy (non-hydrogen) atoms. The molecule has 2 fully saturated rings. The van der Waals surface area contributed by atoms with Gasteiger partial charge in [-0.3, -0.25) is 9.59 Å². The third kappa shape index (κ3) is 11.7. The van der Waals surface area contributed by atoms with Crippen LogP contribution >= 0.6 is 23.2 Å². The maximum Gasteiger partial charge on any atom is 0.255 e. The molecule has 2 heterocycles. The Bertz CT molecular complexity index is 1690. The maximum atomic E-state index is 13.0. The number of amides is 2. The number of likely N-dealkylation sites (tertiary alicyclic amines) is 1. The molecule has 3 aromatic carbocycles. The molecule has 0 bridgehead atoms. The number of methoxy groups -OCH3 is 4. The Balaban J connectivity index is 0.000000266. The predicted molar refractivity (Wildman–Crippen MR) is 209 cm³/mol. The Labute approximate surface area is 326 Å². The number of hydrogen-bond acceptors (Lipinski definition) is 11. The van der Waals surface area contributed by atoms with Crippen LogP contribution in [0.3, 0.4) is 0 Å². The van der Waals surface area contributed by atoms with Crippen LogP contribution in [-0.4, -0.2) is 116 Å². The first-order valence-electron chi connectivity index (χ1n) is 17.7. The van der Waals surface area contributed by atoms with Crippen LogP contribution in [0.1, 0.15) is 40.0 Å². The summed E-state index contributed by atoms with van der Waals surface area (Å²) in [6, 6.07) is 12.2. The zero-order valence-electron chi connectivity index (χ0n) is 31.3. The van der Waals surface area contributed by atoms with Gasteiger partial charge in [0, 0.05) is 59.6 Å². The molecule has 4 unspecified atom stereocenters. The number of carbonyl (C=O) groups is 2. The van der Waals surface area contributed by atoms with Crippen LogP contribution in [0.4, 0.5) is 15.8 Å². The van der Waals surface area contributed by atoms with Crippen LogP contribution in [0.2, 0.25) is 10.0 Å². The number of anilines is 2. The summed E-state index contributed by atoms with van der Waals surface area (Å²) in [5.74, 6) is 0.740. The lowest BCUT2D eigenvalue weighted by atomic mass is 10.0. The van der Waals surface area contributed by atoms with Crippen molar-refractivity contribution >= 4 is 46.4 Å². The zero-order valence-corrected chi connectivity index (χ0v) is 32.8. The summed E-state index contributed by atoms with van der Waals surface area (Å²) in [6.45, 7) is 4.47. The molecule has 5 rings (SSSR count). The third-order valence-corrected chi connectivity index (χ3v) is 10.0. The van der Waals surface area contributed by atoms with Crippen LogP contribution in [-0.2, 0) is 9.47 Å². The molecule has 0 saturated carbocycles. The van der Waals surface area contributed by atoms with Gasteiger partial charge in [0.1, 0.15) is 23.1 Å². The molecule has 0 aromatic heterocycles. The lowest BCUT2D eigenvalue weighted by molar-refractivity contribution is 0.00527. The highest BCUT2D eigenvalue weighted by Gasteiger charge is 2.31. The fourth-order valence-corrected chi connectivity index (χ4v) is 6.76. The summed E-state index contributed by atoms with van der Waals surface area (Å²) < 4.78 is 40.3. The summed E-state index contributed by atoms with van der Waals surface area (Å²) in [7, 11) is 8.06. The van der Waals surface area contributed by atoms with Gasteiger partial charge >= 0.3 is 0 Å². The molecule has 2 amide bonds. The van der Waals surface area contributed by atoms with E-state index >= 15 is 0 Å². The Kier molecular flexibility index (Phi) is 16.7. The monoisotopic (exact) mass is 792 g/mol. The number of nitrogens with two attached hydrogens (primary N) is 1. The number of rotatable bonds is 14. The van der Waals surface area contributed by atoms with E-state index in [9.17, 15) is 14.0 Å². The Morgan fingerprint density at radius 1 is 0.889 bits per heavy atom. The molecule has 2 aliphatic heterocycles. The molecular weight excluding hydrogens is 742 g/mol. The Morgan fingerprint density at radius 2 is 1.50 bits per heavy atom. The average Bonchev–Trinajstić information content (AvgIpc) is 3.18. The quantitative estimate of drug-likeness (QED) is 0.112. The number of benzene rings is 3. The molecule has 16 heteroatoms. The van der Waals surface area contributed by atoms with Crippen molar-refractivity contribution in [2.45, 2.75) is 43.6 Å². The van der Waals surface area contributed by atoms with Crippen LogP contribution in [0.5, 0.6) is 17.2 Å². The molecule has 0 spiro atoms. The van der Waals surface area contributed by atoms with Gasteiger partial charge in [0.2, 0.25) is 0 Å². The number of ether oxygens (including phenoxy) is 5. The molecule has 6 N–H and O–H groups in total. The van der Waals surface area contributed by atoms with Gasteiger partial charge in [0.15, 0.2) is 0 Å². The summed E-state index contributed by atoms with van der Waals surface area (Å²) in [4.78, 5) is 27.7. The van der Waals surface area contributed by atoms with Crippen LogP contribution in [0, 0.1) is 5.82 Å². The van der Waals surface area contributed by atoms with Crippen LogP contribution in [0.15, 0.2) is 48.5 Å². The van der Waals surface area contributed by atoms with E-state index in [4.69, 9.17) is 52.6 Å². The fraction of sp³-hybridized carbons (Fsp3) is 0.474. The van der Waals surface area contributed by atoms with Gasteiger partial charge in [-0.1, -0.05) is 23.2 Å². The number of nitrogens with one attached hydrogen (secondary N) is 4. The first-order valence-corrected chi connectivity index (χ1v) is 18.4. The molecule has 0 aliphatic carbocycles. The number of carbonyl (C=O) groups excluding carboxylic acids is 2. The molecule has 2 saturated heterocycles. The maximum absolute atomic E-state index is 13.0. The molecule has 2 aliphatic rings. The van der Waals surface area contributed by atoms with E-state index in [1.807, 2.05) is 0 Å². The van der Waals surface area contributed by atoms with Crippen LogP contribution in [0.25, 0.3) is 0 Å². The number of hydrogen-bond donors (Lipinski definition) is 5.